The highest BCUT2D eigenvalue weighted by Gasteiger charge is 2.33. The lowest BCUT2D eigenvalue weighted by molar-refractivity contribution is -0.141. The van der Waals surface area contributed by atoms with E-state index in [4.69, 9.17) is 5.73 Å². The molecule has 1 aromatic heterocycles. The van der Waals surface area contributed by atoms with Crippen molar-refractivity contribution >= 4 is 0 Å². The zero-order valence-electron chi connectivity index (χ0n) is 9.95. The van der Waals surface area contributed by atoms with Crippen molar-refractivity contribution in [2.75, 3.05) is 0 Å². The zero-order valence-corrected chi connectivity index (χ0v) is 9.95. The van der Waals surface area contributed by atoms with Crippen LogP contribution in [0.3, 0.4) is 0 Å². The third-order valence-corrected chi connectivity index (χ3v) is 2.62. The van der Waals surface area contributed by atoms with Gasteiger partial charge in [0.15, 0.2) is 5.69 Å². The molecule has 1 atom stereocenters. The van der Waals surface area contributed by atoms with Gasteiger partial charge in [-0.15, -0.1) is 0 Å². The van der Waals surface area contributed by atoms with Crippen LogP contribution in [0.25, 0.3) is 5.69 Å². The zero-order chi connectivity index (χ0) is 14.2. The fourth-order valence-corrected chi connectivity index (χ4v) is 1.60. The molecule has 102 valence electrons. The van der Waals surface area contributed by atoms with Crippen molar-refractivity contribution in [2.45, 2.75) is 19.1 Å². The van der Waals surface area contributed by atoms with Crippen molar-refractivity contribution in [2.24, 2.45) is 5.73 Å². The molecule has 0 radical (unpaired) electrons. The molecule has 0 aliphatic rings. The Labute approximate surface area is 106 Å². The Kier molecular flexibility index (Phi) is 3.32. The highest BCUT2D eigenvalue weighted by Crippen LogP contribution is 2.28. The Hall–Kier alpha value is -1.89. The first-order chi connectivity index (χ1) is 8.79. The molecule has 0 unspecified atom stereocenters. The lowest BCUT2D eigenvalue weighted by Gasteiger charge is -2.09. The third kappa shape index (κ3) is 2.76. The molecule has 0 fully saturated rings. The fourth-order valence-electron chi connectivity index (χ4n) is 1.60. The molecule has 1 aromatic carbocycles. The smallest absolute Gasteiger partial charge is 0.324 e. The van der Waals surface area contributed by atoms with Crippen LogP contribution in [0, 0.1) is 5.82 Å². The van der Waals surface area contributed by atoms with Gasteiger partial charge in [-0.05, 0) is 30.7 Å². The molecular formula is C12H11F4N3. The molecule has 19 heavy (non-hydrogen) atoms. The Morgan fingerprint density at radius 2 is 1.95 bits per heavy atom. The molecule has 2 N–H and O–H groups in total. The molecule has 0 aliphatic heterocycles. The first-order valence-corrected chi connectivity index (χ1v) is 5.47. The van der Waals surface area contributed by atoms with E-state index in [1.54, 1.807) is 13.0 Å². The lowest BCUT2D eigenvalue weighted by atomic mass is 10.1. The van der Waals surface area contributed by atoms with E-state index in [9.17, 15) is 17.6 Å². The standard InChI is InChI=1S/C12H11F4N3/c1-7(17)8-2-3-10(9(13)6-8)19-5-4-11(18-19)12(14,15)16/h2-7H,17H2,1H3/t7-/m0/s1. The van der Waals surface area contributed by atoms with Gasteiger partial charge in [0, 0.05) is 12.2 Å². The Morgan fingerprint density at radius 3 is 2.42 bits per heavy atom. The maximum Gasteiger partial charge on any atom is 0.435 e. The Balaban J connectivity index is 2.40. The summed E-state index contributed by atoms with van der Waals surface area (Å²) in [5, 5.41) is 3.31. The van der Waals surface area contributed by atoms with Crippen molar-refractivity contribution in [3.05, 3.63) is 47.5 Å². The van der Waals surface area contributed by atoms with Gasteiger partial charge in [0.05, 0.1) is 0 Å². The second-order valence-electron chi connectivity index (χ2n) is 4.14. The van der Waals surface area contributed by atoms with E-state index in [0.717, 1.165) is 16.9 Å². The Morgan fingerprint density at radius 1 is 1.26 bits per heavy atom. The van der Waals surface area contributed by atoms with Gasteiger partial charge >= 0.3 is 6.18 Å². The van der Waals surface area contributed by atoms with Gasteiger partial charge in [-0.3, -0.25) is 0 Å². The van der Waals surface area contributed by atoms with Crippen LogP contribution in [0.2, 0.25) is 0 Å². The number of nitrogens with two attached hydrogens (primary N) is 1. The molecule has 2 rings (SSSR count). The van der Waals surface area contributed by atoms with E-state index >= 15 is 0 Å². The van der Waals surface area contributed by atoms with Crippen LogP contribution < -0.4 is 5.73 Å². The van der Waals surface area contributed by atoms with Crippen LogP contribution in [0.5, 0.6) is 0 Å². The quantitative estimate of drug-likeness (QED) is 0.855. The molecule has 0 bridgehead atoms. The van der Waals surface area contributed by atoms with Gasteiger partial charge in [-0.2, -0.15) is 18.3 Å². The maximum absolute atomic E-state index is 13.8. The predicted molar refractivity (Wildman–Crippen MR) is 61.1 cm³/mol. The van der Waals surface area contributed by atoms with Crippen LogP contribution in [-0.4, -0.2) is 9.78 Å². The SMILES string of the molecule is C[C@H](N)c1ccc(-n2ccc(C(F)(F)F)n2)c(F)c1. The van der Waals surface area contributed by atoms with Crippen molar-refractivity contribution in [1.29, 1.82) is 0 Å². The number of nitrogens with zero attached hydrogens (tertiary/aromatic N) is 2. The van der Waals surface area contributed by atoms with Gasteiger partial charge in [0.2, 0.25) is 0 Å². The normalized spacial score (nSPS) is 13.6. The average Bonchev–Trinajstić information content (AvgIpc) is 2.77. The molecule has 1 heterocycles. The van der Waals surface area contributed by atoms with Gasteiger partial charge in [0.1, 0.15) is 11.5 Å². The third-order valence-electron chi connectivity index (χ3n) is 2.62. The molecule has 3 nitrogen and oxygen atoms in total. The van der Waals surface area contributed by atoms with Crippen molar-refractivity contribution in [3.8, 4) is 5.69 Å². The number of hydrogen-bond acceptors (Lipinski definition) is 2. The van der Waals surface area contributed by atoms with E-state index in [0.29, 0.717) is 5.56 Å². The second-order valence-corrected chi connectivity index (χ2v) is 4.14. The minimum absolute atomic E-state index is 0.0556. The topological polar surface area (TPSA) is 43.8 Å². The minimum atomic E-state index is -4.55. The number of aromatic nitrogens is 2. The maximum atomic E-state index is 13.8. The second kappa shape index (κ2) is 4.65. The van der Waals surface area contributed by atoms with E-state index in [1.807, 2.05) is 0 Å². The highest BCUT2D eigenvalue weighted by molar-refractivity contribution is 5.37. The minimum Gasteiger partial charge on any atom is -0.324 e. The summed E-state index contributed by atoms with van der Waals surface area (Å²) in [4.78, 5) is 0. The van der Waals surface area contributed by atoms with E-state index in [-0.39, 0.29) is 11.7 Å². The molecule has 0 saturated heterocycles. The largest absolute Gasteiger partial charge is 0.435 e. The van der Waals surface area contributed by atoms with Crippen LogP contribution in [0.1, 0.15) is 24.2 Å². The number of benzene rings is 1. The summed E-state index contributed by atoms with van der Waals surface area (Å²) in [5.41, 5.74) is 5.03. The molecular weight excluding hydrogens is 262 g/mol. The number of alkyl halides is 3. The summed E-state index contributed by atoms with van der Waals surface area (Å²) in [6.45, 7) is 1.68. The molecule has 7 heteroatoms. The molecule has 0 aliphatic carbocycles. The molecule has 0 saturated carbocycles. The van der Waals surface area contributed by atoms with Crippen molar-refractivity contribution < 1.29 is 17.6 Å². The summed E-state index contributed by atoms with van der Waals surface area (Å²) >= 11 is 0. The highest BCUT2D eigenvalue weighted by atomic mass is 19.4. The molecule has 0 amide bonds. The Bertz CT molecular complexity index is 587. The van der Waals surface area contributed by atoms with E-state index < -0.39 is 17.7 Å². The first kappa shape index (κ1) is 13.5. The number of halogens is 4. The van der Waals surface area contributed by atoms with Gasteiger partial charge < -0.3 is 5.73 Å². The lowest BCUT2D eigenvalue weighted by Crippen LogP contribution is -2.09. The summed E-state index contributed by atoms with van der Waals surface area (Å²) in [6.07, 6.45) is -3.49. The van der Waals surface area contributed by atoms with Crippen LogP contribution >= 0.6 is 0 Å². The molecule has 2 aromatic rings. The van der Waals surface area contributed by atoms with Gasteiger partial charge in [-0.25, -0.2) is 9.07 Å². The fraction of sp³-hybridized carbons (Fsp3) is 0.250. The summed E-state index contributed by atoms with van der Waals surface area (Å²) in [6, 6.07) is 4.53. The predicted octanol–water partition coefficient (Wildman–Crippen LogP) is 3.05. The number of rotatable bonds is 2. The summed E-state index contributed by atoms with van der Waals surface area (Å²) in [7, 11) is 0. The first-order valence-electron chi connectivity index (χ1n) is 5.47. The molecule has 0 spiro atoms. The summed E-state index contributed by atoms with van der Waals surface area (Å²) in [5.74, 6) is -0.674. The van der Waals surface area contributed by atoms with Crippen LogP contribution in [-0.2, 0) is 6.18 Å². The average molecular weight is 273 g/mol. The van der Waals surface area contributed by atoms with E-state index in [1.165, 1.54) is 12.1 Å². The van der Waals surface area contributed by atoms with Gasteiger partial charge in [-0.1, -0.05) is 6.07 Å². The summed E-state index contributed by atoms with van der Waals surface area (Å²) < 4.78 is 51.9. The van der Waals surface area contributed by atoms with Crippen molar-refractivity contribution in [3.63, 3.8) is 0 Å². The van der Waals surface area contributed by atoms with Crippen LogP contribution in [0.4, 0.5) is 17.6 Å². The number of hydrogen-bond donors (Lipinski definition) is 1. The van der Waals surface area contributed by atoms with E-state index in [2.05, 4.69) is 5.10 Å². The van der Waals surface area contributed by atoms with Crippen LogP contribution in [0.15, 0.2) is 30.5 Å². The van der Waals surface area contributed by atoms with Crippen molar-refractivity contribution in [1.82, 2.24) is 9.78 Å². The van der Waals surface area contributed by atoms with Gasteiger partial charge in [0.25, 0.3) is 0 Å². The monoisotopic (exact) mass is 273 g/mol.